The van der Waals surface area contributed by atoms with Crippen molar-refractivity contribution >= 4 is 238 Å². The Kier molecular flexibility index (Phi) is 26.5. The summed E-state index contributed by atoms with van der Waals surface area (Å²) in [6, 6.07) is 4.38. The van der Waals surface area contributed by atoms with Crippen LogP contribution in [0.25, 0.3) is 67.0 Å². The smallest absolute Gasteiger partial charge is 0.397 e. The largest absolute Gasteiger partial charge is 0.472 e. The summed E-state index contributed by atoms with van der Waals surface area (Å²) < 4.78 is 227. The number of alkyl halides is 7. The molecule has 0 radical (unpaired) electrons. The number of imidazole rings is 4. The fraction of sp³-hybridized carbons (Fsp3) is 0.492. The molecule has 0 saturated carbocycles. The van der Waals surface area contributed by atoms with Gasteiger partial charge in [-0.15, -0.1) is 45.5 Å². The van der Waals surface area contributed by atoms with Crippen molar-refractivity contribution in [2.24, 2.45) is 0 Å². The Hall–Kier alpha value is -7.26. The van der Waals surface area contributed by atoms with Gasteiger partial charge in [-0.05, 0) is 65.4 Å². The van der Waals surface area contributed by atoms with E-state index < -0.39 is 240 Å². The number of hydrogen-bond acceptors (Lipinski definition) is 47. The summed E-state index contributed by atoms with van der Waals surface area (Å²) in [7, 11) is -5.37. The van der Waals surface area contributed by atoms with Crippen LogP contribution in [0, 0.1) is 0 Å². The molecular weight excluding hydrogens is 2110 g/mol. The van der Waals surface area contributed by atoms with Crippen LogP contribution in [-0.4, -0.2) is 285 Å². The average molecular weight is 2180 g/mol. The van der Waals surface area contributed by atoms with Gasteiger partial charge >= 0.3 is 47.4 Å². The number of fused-ring (bicyclic) bond motifs is 15. The first-order valence-corrected chi connectivity index (χ1v) is 56.3. The number of pyridine rings is 3. The molecule has 6 bridgehead atoms. The van der Waals surface area contributed by atoms with Gasteiger partial charge in [0.15, 0.2) is 92.4 Å². The van der Waals surface area contributed by atoms with Crippen LogP contribution in [0.5, 0.6) is 0 Å². The molecule has 9 aliphatic rings. The Labute approximate surface area is 788 Å². The molecule has 20 N–H and O–H groups in total. The summed E-state index contributed by atoms with van der Waals surface area (Å²) in [5.41, 5.74) is 33.7. The van der Waals surface area contributed by atoms with Crippen molar-refractivity contribution in [3.63, 3.8) is 0 Å². The van der Waals surface area contributed by atoms with Crippen LogP contribution in [0.4, 0.5) is 65.6 Å². The minimum absolute atomic E-state index is 0.0121. The van der Waals surface area contributed by atoms with E-state index in [1.54, 1.807) is 0 Å². The average Bonchev–Trinajstić information content (AvgIpc) is 1.70. The minimum atomic E-state index is -5.37. The quantitative estimate of drug-likeness (QED) is 0.0645. The highest BCUT2D eigenvalue weighted by molar-refractivity contribution is 8.44. The van der Waals surface area contributed by atoms with Gasteiger partial charge in [0.2, 0.25) is 24.1 Å². The summed E-state index contributed by atoms with van der Waals surface area (Å²) in [4.78, 5) is 139. The highest BCUT2D eigenvalue weighted by Crippen LogP contribution is 2.64. The van der Waals surface area contributed by atoms with Gasteiger partial charge in [0, 0.05) is 18.6 Å². The van der Waals surface area contributed by atoms with Crippen LogP contribution in [0.2, 0.25) is 0 Å². The number of halogens is 7. The summed E-state index contributed by atoms with van der Waals surface area (Å²) >= 11 is 27.3. The number of nitrogens with zero attached hydrogens (tertiary/aromatic N) is 20. The van der Waals surface area contributed by atoms with Crippen molar-refractivity contribution in [1.82, 2.24) is 113 Å². The summed E-state index contributed by atoms with van der Waals surface area (Å²) in [6.45, 7) is -25.9. The molecule has 12 aromatic rings. The topological polar surface area (TPSA) is 738 Å². The third-order valence-corrected chi connectivity index (χ3v) is 35.2. The first kappa shape index (κ1) is 97.6. The van der Waals surface area contributed by atoms with Crippen molar-refractivity contribution in [1.29, 1.82) is 0 Å². The monoisotopic (exact) mass is 2180 g/mol. The number of aromatic amines is 3. The summed E-state index contributed by atoms with van der Waals surface area (Å²) in [5, 5.41) is 8.54. The Balaban J connectivity index is 0.000000131. The van der Waals surface area contributed by atoms with Crippen LogP contribution in [0.3, 0.4) is 0 Å². The van der Waals surface area contributed by atoms with Gasteiger partial charge in [0.25, 0.3) is 16.7 Å². The first-order chi connectivity index (χ1) is 64.3. The number of hydrogen-bond donors (Lipinski definition) is 15. The zero-order chi connectivity index (χ0) is 96.4. The molecular formula is C61H66F7N29O25P6S8. The predicted molar refractivity (Wildman–Crippen MR) is 479 cm³/mol. The van der Waals surface area contributed by atoms with Crippen molar-refractivity contribution in [2.75, 3.05) is 74.0 Å². The number of nitrogen functional groups attached to an aromatic ring is 6. The fourth-order valence-electron chi connectivity index (χ4n) is 15.7. The van der Waals surface area contributed by atoms with Crippen LogP contribution in [0.1, 0.15) is 34.8 Å². The normalized spacial score (nSPS) is 37.3. The number of anilines is 6. The van der Waals surface area contributed by atoms with Crippen molar-refractivity contribution in [3.8, 4) is 0 Å². The van der Waals surface area contributed by atoms with Crippen LogP contribution in [-0.2, 0) is 125 Å². The van der Waals surface area contributed by atoms with Gasteiger partial charge in [-0.25, -0.2) is 66.0 Å². The first-order valence-electron chi connectivity index (χ1n) is 38.9. The van der Waals surface area contributed by atoms with E-state index >= 15 is 30.7 Å². The van der Waals surface area contributed by atoms with E-state index in [1.807, 2.05) is 0 Å². The predicted octanol–water partition coefficient (Wildman–Crippen LogP) is 3.29. The van der Waals surface area contributed by atoms with E-state index in [9.17, 15) is 48.0 Å². The summed E-state index contributed by atoms with van der Waals surface area (Å²) in [5.74, 6) is -4.82. The van der Waals surface area contributed by atoms with Crippen LogP contribution in [0.15, 0.2) is 76.5 Å². The number of rotatable bonds is 6. The molecule has 732 valence electrons. The maximum atomic E-state index is 16.0. The molecule has 12 aromatic heterocycles. The van der Waals surface area contributed by atoms with Crippen LogP contribution >= 0.6 is 89.0 Å². The zero-order valence-electron chi connectivity index (χ0n) is 67.2. The number of thiol groups is 1. The van der Waals surface area contributed by atoms with Crippen molar-refractivity contribution in [3.05, 3.63) is 93.2 Å². The number of nitrogens with one attached hydrogen (secondary N) is 3. The standard InChI is InChI=1S/C21H23F2N9O8P2S3.C20H21F3N10O9P2S2.C20H22F2N10O8P2S3/c22-10-9-4-37-42(35,44)39-14-8(38-19(11(14)23)31-5-27-12-7(24)1-2-26-16(12)31)3-36-41(34,43)40-15(10)20(45-9)32-6-28-13-17(32)29-21(25)30-18(13)33;21-9-8-4-38-43(35,36)42-13-7(40-18(20(13,22)23)33-14-10(30-31-33)6(24)1-2-26-14)3-39-44(37,45)41-12(9)17(46-8)32-5-27-11-15(32)28-19(25)29-16(11)34;21-9-8-4-37-42(35,44)39-13-7(38-18(10(13)22)32-15-11(29-30-32)6(23)1-2-25-15)3-36-41(34,43)40-14(9)19(45-8)31-5-26-12-16(31)27-20(24)28-17(12)33/h1-2,5-6,8-11,14-15,19-20H,3-4H2,(H2,24,26)(H,34,43)(H,35,44)(H3,25,29,30,33);1-2,5,7-9,12-13,17-18H,3-4H2,(H2,24,26)(H,35,36)(H,37,45)(H3,25,28,29,34);1-2,5,7-10,13-14,18-19H,3-4H2,(H2,23,25)(H,34,43)(H,35,44)(H3,24,27,28,33)/t8-,9-,10+,11+,14-,15-,19-,20-,41?,42?;7-,8-,9+,12-,13-,17-,18-,44?;7-,8-,9+,10+,13-,14-,18-,19-,41?,42?/m111/s1. The highest BCUT2D eigenvalue weighted by Gasteiger charge is 2.65. The van der Waals surface area contributed by atoms with Crippen molar-refractivity contribution in [2.45, 2.75) is 142 Å². The Morgan fingerprint density at radius 2 is 0.779 bits per heavy atom. The number of H-pyrrole nitrogens is 3. The molecule has 6 unspecified atom stereocenters. The van der Waals surface area contributed by atoms with Gasteiger partial charge in [-0.3, -0.25) is 83.8 Å². The molecule has 9 saturated heterocycles. The molecule has 21 heterocycles. The molecule has 75 heteroatoms. The third-order valence-electron chi connectivity index (χ3n) is 21.8. The Morgan fingerprint density at radius 1 is 0.419 bits per heavy atom. The lowest BCUT2D eigenvalue weighted by Gasteiger charge is -2.27. The molecule has 136 heavy (non-hydrogen) atoms. The maximum absolute atomic E-state index is 16.0. The van der Waals surface area contributed by atoms with Gasteiger partial charge in [0.05, 0.1) is 97.8 Å². The lowest BCUT2D eigenvalue weighted by Crippen LogP contribution is -2.41. The third kappa shape index (κ3) is 18.8. The second-order valence-corrected chi connectivity index (χ2v) is 50.0. The van der Waals surface area contributed by atoms with E-state index in [0.717, 1.165) is 46.3 Å². The Bertz CT molecular complexity index is 6950. The maximum Gasteiger partial charge on any atom is 0.472 e. The van der Waals surface area contributed by atoms with E-state index in [1.165, 1.54) is 74.0 Å². The lowest BCUT2D eigenvalue weighted by molar-refractivity contribution is -0.141. The van der Waals surface area contributed by atoms with Crippen molar-refractivity contribution < 1.29 is 133 Å². The number of thioether (sulfide) groups is 3. The molecule has 21 rings (SSSR count). The fourth-order valence-corrected chi connectivity index (χ4v) is 28.8. The van der Waals surface area contributed by atoms with E-state index in [0.29, 0.717) is 15.9 Å². The molecule has 0 aromatic carbocycles. The number of phosphoric ester groups is 1. The molecule has 29 atom stereocenters. The second-order valence-electron chi connectivity index (χ2n) is 30.5. The second kappa shape index (κ2) is 36.9. The molecule has 9 fully saturated rings. The number of ether oxygens (including phenoxy) is 3. The van der Waals surface area contributed by atoms with Gasteiger partial charge in [-0.2, -0.15) is 33.1 Å². The van der Waals surface area contributed by atoms with Crippen LogP contribution < -0.4 is 51.1 Å². The van der Waals surface area contributed by atoms with E-state index in [2.05, 4.69) is 97.7 Å². The highest BCUT2D eigenvalue weighted by atomic mass is 32.7. The number of nitrogens with two attached hydrogens (primary N) is 6. The number of phosphoric acid groups is 1. The molecule has 0 spiro atoms. The SMILES string of the molecule is Nc1nc2c(ncn2[C@@H]2S[C@@H]3COP(=O)(O)O[C@@H]4[C@@H](COP(O)(=S)O[C@@H]2[C@H]3F)O[C@@H](n2nnc3c(N)ccnc32)C4(F)F)c(=O)[nH]1.Nc1nc2c(ncn2[C@@H]2S[C@@H]3COP(=O)(S)O[C@H]4[C@H](F)[C@H](n5cnc6c(N)ccnc65)O[C@@H]4COP(O)(=S)O[C@@H]2[C@H]3F)c(=O)[nH]1.Nc1nc2c(ncn2[C@@H]2S[C@@H]3COP(O)(=S)O[C@H]4[C@H](F)[C@H](n5nnc6c(N)ccnc65)O[C@@H]4COP(O)(=S)O[C@@H]2[C@H]3F)c(=O)[nH]1. The van der Waals surface area contributed by atoms with Gasteiger partial charge < -0.3 is 91.2 Å². The van der Waals surface area contributed by atoms with E-state index in [-0.39, 0.29) is 90.7 Å². The Morgan fingerprint density at radius 3 is 1.24 bits per heavy atom. The minimum Gasteiger partial charge on any atom is -0.397 e. The van der Waals surface area contributed by atoms with E-state index in [4.69, 9.17) is 150 Å². The van der Waals surface area contributed by atoms with Gasteiger partial charge in [-0.1, -0.05) is 22.7 Å². The molecule has 0 amide bonds. The zero-order valence-corrected chi connectivity index (χ0v) is 79.2. The molecule has 9 aliphatic heterocycles. The number of aromatic nitrogens is 23. The van der Waals surface area contributed by atoms with Gasteiger partial charge in [0.1, 0.15) is 89.0 Å². The summed E-state index contributed by atoms with van der Waals surface area (Å²) in [6.07, 6.45) is -21.3. The molecule has 54 nitrogen and oxygen atoms in total. The molecule has 0 aliphatic carbocycles. The lowest BCUT2D eigenvalue weighted by atomic mass is 10.1.